The zero-order valence-corrected chi connectivity index (χ0v) is 8.10. The third-order valence-corrected chi connectivity index (χ3v) is 5.48. The molecule has 1 fully saturated rings. The van der Waals surface area contributed by atoms with Gasteiger partial charge < -0.3 is 0 Å². The van der Waals surface area contributed by atoms with Crippen molar-refractivity contribution in [1.29, 1.82) is 0 Å². The van der Waals surface area contributed by atoms with Gasteiger partial charge in [0.15, 0.2) is 0 Å². The Bertz CT molecular complexity index is 137. The van der Waals surface area contributed by atoms with Crippen LogP contribution >= 0.6 is 31.9 Å². The summed E-state index contributed by atoms with van der Waals surface area (Å²) >= 11 is 7.33. The maximum absolute atomic E-state index is 3.66. The van der Waals surface area contributed by atoms with E-state index in [-0.39, 0.29) is 0 Å². The van der Waals surface area contributed by atoms with Gasteiger partial charge in [0.1, 0.15) is 0 Å². The maximum Gasteiger partial charge on any atom is 0.0339 e. The van der Waals surface area contributed by atoms with Crippen molar-refractivity contribution in [2.24, 2.45) is 11.8 Å². The molecule has 2 aliphatic carbocycles. The van der Waals surface area contributed by atoms with Crippen LogP contribution < -0.4 is 0 Å². The van der Waals surface area contributed by atoms with Crippen LogP contribution in [0.2, 0.25) is 0 Å². The zero-order chi connectivity index (χ0) is 6.43. The zero-order valence-electron chi connectivity index (χ0n) is 4.93. The van der Waals surface area contributed by atoms with Crippen molar-refractivity contribution in [3.63, 3.8) is 0 Å². The van der Waals surface area contributed by atoms with Crippen LogP contribution in [0.3, 0.4) is 0 Å². The van der Waals surface area contributed by atoms with Gasteiger partial charge in [-0.3, -0.25) is 0 Å². The molecule has 4 atom stereocenters. The summed E-state index contributed by atoms with van der Waals surface area (Å²) in [4.78, 5) is 1.38. The summed E-state index contributed by atoms with van der Waals surface area (Å²) in [5.74, 6) is 1.61. The SMILES string of the molecule is Br[C@@H]1[C@H](Br)[C@@H]2C=C[C@@H]1C2. The Morgan fingerprint density at radius 3 is 1.67 bits per heavy atom. The fourth-order valence-corrected chi connectivity index (χ4v) is 3.27. The Kier molecular flexibility index (Phi) is 1.49. The Morgan fingerprint density at radius 2 is 1.44 bits per heavy atom. The molecule has 0 aromatic carbocycles. The summed E-state index contributed by atoms with van der Waals surface area (Å²) in [6.45, 7) is 0. The molecule has 2 aliphatic rings. The average Bonchev–Trinajstić information content (AvgIpc) is 2.37. The standard InChI is InChI=1S/C7H8Br2/c8-6-4-1-2-5(3-4)7(6)9/h1-2,4-7H,3H2/t4-,5-,6-,7+/m1/s1. The molecule has 0 aromatic rings. The number of halogens is 2. The quantitative estimate of drug-likeness (QED) is 0.459. The highest BCUT2D eigenvalue weighted by atomic mass is 79.9. The minimum absolute atomic E-state index is 0.688. The molecule has 9 heavy (non-hydrogen) atoms. The summed E-state index contributed by atoms with van der Waals surface area (Å²) < 4.78 is 0. The first-order valence-electron chi connectivity index (χ1n) is 3.25. The van der Waals surface area contributed by atoms with Crippen molar-refractivity contribution in [2.45, 2.75) is 16.1 Å². The molecule has 1 saturated carbocycles. The van der Waals surface area contributed by atoms with Crippen LogP contribution in [0, 0.1) is 11.8 Å². The van der Waals surface area contributed by atoms with E-state index >= 15 is 0 Å². The lowest BCUT2D eigenvalue weighted by Gasteiger charge is -2.16. The van der Waals surface area contributed by atoms with E-state index in [1.165, 1.54) is 6.42 Å². The third kappa shape index (κ3) is 0.829. The van der Waals surface area contributed by atoms with Crippen LogP contribution in [0.15, 0.2) is 12.2 Å². The number of hydrogen-bond donors (Lipinski definition) is 0. The van der Waals surface area contributed by atoms with Crippen molar-refractivity contribution < 1.29 is 0 Å². The predicted molar refractivity (Wildman–Crippen MR) is 46.2 cm³/mol. The molecule has 0 spiro atoms. The minimum atomic E-state index is 0.688. The first-order chi connectivity index (χ1) is 4.29. The van der Waals surface area contributed by atoms with Crippen LogP contribution in [-0.2, 0) is 0 Å². The van der Waals surface area contributed by atoms with E-state index in [4.69, 9.17) is 0 Å². The normalized spacial score (nSPS) is 54.9. The van der Waals surface area contributed by atoms with E-state index in [9.17, 15) is 0 Å². The van der Waals surface area contributed by atoms with Gasteiger partial charge in [0.25, 0.3) is 0 Å². The molecule has 0 unspecified atom stereocenters. The van der Waals surface area contributed by atoms with Gasteiger partial charge in [-0.1, -0.05) is 44.0 Å². The van der Waals surface area contributed by atoms with Gasteiger partial charge in [0.05, 0.1) is 0 Å². The van der Waals surface area contributed by atoms with Crippen molar-refractivity contribution >= 4 is 31.9 Å². The lowest BCUT2D eigenvalue weighted by molar-refractivity contribution is 0.699. The Balaban J connectivity index is 2.26. The predicted octanol–water partition coefficient (Wildman–Crippen LogP) is 2.72. The Labute approximate surface area is 72.0 Å². The van der Waals surface area contributed by atoms with E-state index < -0.39 is 0 Å². The molecular weight excluding hydrogens is 244 g/mol. The molecule has 0 N–H and O–H groups in total. The molecule has 50 valence electrons. The minimum Gasteiger partial charge on any atom is -0.0872 e. The van der Waals surface area contributed by atoms with Gasteiger partial charge in [0.2, 0.25) is 0 Å². The summed E-state index contributed by atoms with van der Waals surface area (Å²) in [6.07, 6.45) is 6.02. The molecule has 0 aliphatic heterocycles. The van der Waals surface area contributed by atoms with E-state index in [1.54, 1.807) is 0 Å². The largest absolute Gasteiger partial charge is 0.0872 e. The number of hydrogen-bond acceptors (Lipinski definition) is 0. The molecule has 2 rings (SSSR count). The second-order valence-corrected chi connectivity index (χ2v) is 4.95. The number of alkyl halides is 2. The van der Waals surface area contributed by atoms with Gasteiger partial charge in [0, 0.05) is 9.65 Å². The Hall–Kier alpha value is 0.700. The molecule has 0 heterocycles. The van der Waals surface area contributed by atoms with Gasteiger partial charge >= 0.3 is 0 Å². The van der Waals surface area contributed by atoms with Gasteiger partial charge in [-0.15, -0.1) is 0 Å². The lowest BCUT2D eigenvalue weighted by atomic mass is 10.1. The van der Waals surface area contributed by atoms with Crippen molar-refractivity contribution in [2.75, 3.05) is 0 Å². The van der Waals surface area contributed by atoms with Crippen molar-refractivity contribution in [3.05, 3.63) is 12.2 Å². The van der Waals surface area contributed by atoms with Crippen LogP contribution in [0.5, 0.6) is 0 Å². The van der Waals surface area contributed by atoms with E-state index in [1.807, 2.05) is 0 Å². The van der Waals surface area contributed by atoms with E-state index in [2.05, 4.69) is 44.0 Å². The Morgan fingerprint density at radius 1 is 1.00 bits per heavy atom. The molecule has 0 aromatic heterocycles. The number of allylic oxidation sites excluding steroid dienone is 2. The lowest BCUT2D eigenvalue weighted by Crippen LogP contribution is -2.18. The fourth-order valence-electron chi connectivity index (χ4n) is 1.70. The molecule has 0 nitrogen and oxygen atoms in total. The second-order valence-electron chi connectivity index (χ2n) is 2.84. The van der Waals surface area contributed by atoms with Crippen LogP contribution in [0.25, 0.3) is 0 Å². The number of rotatable bonds is 0. The fraction of sp³-hybridized carbons (Fsp3) is 0.714. The summed E-state index contributed by atoms with van der Waals surface area (Å²) in [7, 11) is 0. The summed E-state index contributed by atoms with van der Waals surface area (Å²) in [5, 5.41) is 0. The summed E-state index contributed by atoms with van der Waals surface area (Å²) in [6, 6.07) is 0. The highest BCUT2D eigenvalue weighted by molar-refractivity contribution is 9.12. The number of fused-ring (bicyclic) bond motifs is 2. The van der Waals surface area contributed by atoms with E-state index in [0.717, 1.165) is 11.8 Å². The van der Waals surface area contributed by atoms with Crippen LogP contribution in [0.1, 0.15) is 6.42 Å². The molecule has 0 radical (unpaired) electrons. The van der Waals surface area contributed by atoms with Gasteiger partial charge in [-0.2, -0.15) is 0 Å². The maximum atomic E-state index is 3.66. The van der Waals surface area contributed by atoms with Crippen LogP contribution in [0.4, 0.5) is 0 Å². The van der Waals surface area contributed by atoms with Gasteiger partial charge in [-0.25, -0.2) is 0 Å². The highest BCUT2D eigenvalue weighted by Gasteiger charge is 2.41. The first-order valence-corrected chi connectivity index (χ1v) is 5.08. The molecule has 0 saturated heterocycles. The second kappa shape index (κ2) is 2.09. The average molecular weight is 252 g/mol. The molecule has 2 heteroatoms. The van der Waals surface area contributed by atoms with Gasteiger partial charge in [-0.05, 0) is 18.3 Å². The molecule has 0 amide bonds. The van der Waals surface area contributed by atoms with Crippen molar-refractivity contribution in [1.82, 2.24) is 0 Å². The van der Waals surface area contributed by atoms with Crippen molar-refractivity contribution in [3.8, 4) is 0 Å². The topological polar surface area (TPSA) is 0 Å². The smallest absolute Gasteiger partial charge is 0.0339 e. The summed E-state index contributed by atoms with van der Waals surface area (Å²) in [5.41, 5.74) is 0. The third-order valence-electron chi connectivity index (χ3n) is 2.27. The van der Waals surface area contributed by atoms with E-state index in [0.29, 0.717) is 9.65 Å². The monoisotopic (exact) mass is 250 g/mol. The first kappa shape index (κ1) is 6.41. The van der Waals surface area contributed by atoms with Crippen LogP contribution in [-0.4, -0.2) is 9.65 Å². The molecule has 2 bridgehead atoms. The highest BCUT2D eigenvalue weighted by Crippen LogP contribution is 2.46. The molecular formula is C7H8Br2.